The van der Waals surface area contributed by atoms with Gasteiger partial charge in [-0.15, -0.1) is 11.3 Å². The minimum absolute atomic E-state index is 0.632. The maximum Gasteiger partial charge on any atom is 0.180 e. The molecule has 84 valence electrons. The van der Waals surface area contributed by atoms with Crippen LogP contribution in [0.2, 0.25) is 0 Å². The summed E-state index contributed by atoms with van der Waals surface area (Å²) in [5.41, 5.74) is 6.85. The second-order valence-electron chi connectivity index (χ2n) is 3.69. The Hall–Kier alpha value is -1.46. The van der Waals surface area contributed by atoms with E-state index in [0.717, 1.165) is 13.1 Å². The molecular weight excluding hydrogens is 220 g/mol. The highest BCUT2D eigenvalue weighted by Gasteiger charge is 2.04. The zero-order valence-corrected chi connectivity index (χ0v) is 9.94. The van der Waals surface area contributed by atoms with E-state index in [-0.39, 0.29) is 0 Å². The van der Waals surface area contributed by atoms with Gasteiger partial charge in [0.05, 0.1) is 0 Å². The molecule has 0 fully saturated rings. The highest BCUT2D eigenvalue weighted by Crippen LogP contribution is 2.16. The number of hydrogen-bond donors (Lipinski definition) is 1. The van der Waals surface area contributed by atoms with E-state index in [1.54, 1.807) is 0 Å². The van der Waals surface area contributed by atoms with Crippen molar-refractivity contribution >= 4 is 16.5 Å². The Morgan fingerprint density at radius 3 is 2.69 bits per heavy atom. The SMILES string of the molecule is CN(Cc1ccncc1)Cc1cnc(N)s1. The first-order valence-electron chi connectivity index (χ1n) is 5.01. The van der Waals surface area contributed by atoms with Crippen LogP contribution in [-0.4, -0.2) is 21.9 Å². The lowest BCUT2D eigenvalue weighted by Gasteiger charge is -2.14. The van der Waals surface area contributed by atoms with E-state index < -0.39 is 0 Å². The van der Waals surface area contributed by atoms with Gasteiger partial charge in [-0.25, -0.2) is 4.98 Å². The number of aromatic nitrogens is 2. The Balaban J connectivity index is 1.92. The monoisotopic (exact) mass is 234 g/mol. The molecule has 16 heavy (non-hydrogen) atoms. The molecule has 2 rings (SSSR count). The van der Waals surface area contributed by atoms with Crippen LogP contribution in [0.4, 0.5) is 5.13 Å². The number of anilines is 1. The van der Waals surface area contributed by atoms with Crippen molar-refractivity contribution in [1.82, 2.24) is 14.9 Å². The molecule has 2 aromatic heterocycles. The summed E-state index contributed by atoms with van der Waals surface area (Å²) in [5, 5.41) is 0.632. The van der Waals surface area contributed by atoms with Gasteiger partial charge in [0.15, 0.2) is 5.13 Å². The minimum atomic E-state index is 0.632. The molecule has 0 bridgehead atoms. The molecule has 2 heterocycles. The van der Waals surface area contributed by atoms with Crippen LogP contribution < -0.4 is 5.73 Å². The Morgan fingerprint density at radius 2 is 2.06 bits per heavy atom. The van der Waals surface area contributed by atoms with Crippen molar-refractivity contribution in [3.05, 3.63) is 41.2 Å². The molecule has 0 aliphatic carbocycles. The second-order valence-corrected chi connectivity index (χ2v) is 4.84. The molecule has 0 radical (unpaired) electrons. The Labute approximate surface area is 98.8 Å². The van der Waals surface area contributed by atoms with Crippen molar-refractivity contribution in [2.75, 3.05) is 12.8 Å². The first kappa shape index (κ1) is 11.0. The van der Waals surface area contributed by atoms with Crippen molar-refractivity contribution in [1.29, 1.82) is 0 Å². The Bertz CT molecular complexity index is 440. The molecule has 2 N–H and O–H groups in total. The van der Waals surface area contributed by atoms with Crippen molar-refractivity contribution < 1.29 is 0 Å². The van der Waals surface area contributed by atoms with Crippen LogP contribution in [0.5, 0.6) is 0 Å². The summed E-state index contributed by atoms with van der Waals surface area (Å²) < 4.78 is 0. The number of hydrogen-bond acceptors (Lipinski definition) is 5. The first-order valence-corrected chi connectivity index (χ1v) is 5.83. The van der Waals surface area contributed by atoms with Crippen LogP contribution in [-0.2, 0) is 13.1 Å². The highest BCUT2D eigenvalue weighted by molar-refractivity contribution is 7.15. The molecule has 0 amide bonds. The molecule has 0 unspecified atom stereocenters. The summed E-state index contributed by atoms with van der Waals surface area (Å²) in [5.74, 6) is 0. The summed E-state index contributed by atoms with van der Waals surface area (Å²) in [7, 11) is 2.08. The molecule has 0 saturated heterocycles. The molecule has 0 aliphatic rings. The maximum atomic E-state index is 5.59. The van der Waals surface area contributed by atoms with E-state index >= 15 is 0 Å². The third kappa shape index (κ3) is 3.01. The lowest BCUT2D eigenvalue weighted by molar-refractivity contribution is 0.321. The number of nitrogen functional groups attached to an aromatic ring is 1. The fourth-order valence-electron chi connectivity index (χ4n) is 1.52. The van der Waals surface area contributed by atoms with Crippen LogP contribution in [0.1, 0.15) is 10.4 Å². The van der Waals surface area contributed by atoms with Crippen molar-refractivity contribution in [3.8, 4) is 0 Å². The summed E-state index contributed by atoms with van der Waals surface area (Å²) >= 11 is 1.54. The molecule has 0 aromatic carbocycles. The van der Waals surface area contributed by atoms with Crippen molar-refractivity contribution in [2.45, 2.75) is 13.1 Å². The lowest BCUT2D eigenvalue weighted by atomic mass is 10.2. The van der Waals surface area contributed by atoms with Gasteiger partial charge in [0.1, 0.15) is 0 Å². The predicted octanol–water partition coefficient (Wildman–Crippen LogP) is 1.75. The van der Waals surface area contributed by atoms with Gasteiger partial charge >= 0.3 is 0 Å². The van der Waals surface area contributed by atoms with Crippen molar-refractivity contribution in [2.24, 2.45) is 0 Å². The van der Waals surface area contributed by atoms with Crippen LogP contribution in [0.3, 0.4) is 0 Å². The van der Waals surface area contributed by atoms with Gasteiger partial charge in [0.2, 0.25) is 0 Å². The van der Waals surface area contributed by atoms with Gasteiger partial charge in [-0.3, -0.25) is 9.88 Å². The predicted molar refractivity (Wildman–Crippen MR) is 65.9 cm³/mol. The van der Waals surface area contributed by atoms with Gasteiger partial charge in [-0.2, -0.15) is 0 Å². The molecule has 2 aromatic rings. The lowest BCUT2D eigenvalue weighted by Crippen LogP contribution is -2.16. The standard InChI is InChI=1S/C11H14N4S/c1-15(7-9-2-4-13-5-3-9)8-10-6-14-11(12)16-10/h2-6H,7-8H2,1H3,(H2,12,14). The molecule has 0 spiro atoms. The third-order valence-corrected chi connectivity index (χ3v) is 3.01. The summed E-state index contributed by atoms with van der Waals surface area (Å²) in [6, 6.07) is 4.05. The average molecular weight is 234 g/mol. The van der Waals surface area contributed by atoms with Gasteiger partial charge < -0.3 is 5.73 Å². The van der Waals surface area contributed by atoms with E-state index in [4.69, 9.17) is 5.73 Å². The highest BCUT2D eigenvalue weighted by atomic mass is 32.1. The van der Waals surface area contributed by atoms with E-state index in [1.807, 2.05) is 30.7 Å². The van der Waals surface area contributed by atoms with E-state index in [9.17, 15) is 0 Å². The number of nitrogens with two attached hydrogens (primary N) is 1. The summed E-state index contributed by atoms with van der Waals surface area (Å²) in [6.45, 7) is 1.78. The molecule has 0 saturated carbocycles. The van der Waals surface area contributed by atoms with Crippen LogP contribution in [0.25, 0.3) is 0 Å². The Morgan fingerprint density at radius 1 is 1.31 bits per heavy atom. The third-order valence-electron chi connectivity index (χ3n) is 2.20. The zero-order chi connectivity index (χ0) is 11.4. The quantitative estimate of drug-likeness (QED) is 0.875. The number of nitrogens with zero attached hydrogens (tertiary/aromatic N) is 3. The fraction of sp³-hybridized carbons (Fsp3) is 0.273. The Kier molecular flexibility index (Phi) is 3.48. The largest absolute Gasteiger partial charge is 0.375 e. The molecule has 5 heteroatoms. The summed E-state index contributed by atoms with van der Waals surface area (Å²) in [6.07, 6.45) is 5.46. The number of thiazole rings is 1. The fourth-order valence-corrected chi connectivity index (χ4v) is 2.28. The van der Waals surface area contributed by atoms with Crippen LogP contribution >= 0.6 is 11.3 Å². The first-order chi connectivity index (χ1) is 7.74. The minimum Gasteiger partial charge on any atom is -0.375 e. The molecule has 0 aliphatic heterocycles. The average Bonchev–Trinajstić information content (AvgIpc) is 2.65. The van der Waals surface area contributed by atoms with Gasteiger partial charge in [0, 0.05) is 36.6 Å². The van der Waals surface area contributed by atoms with E-state index in [1.165, 1.54) is 21.8 Å². The second kappa shape index (κ2) is 5.05. The van der Waals surface area contributed by atoms with Crippen LogP contribution in [0.15, 0.2) is 30.7 Å². The molecule has 4 nitrogen and oxygen atoms in total. The summed E-state index contributed by atoms with van der Waals surface area (Å²) in [4.78, 5) is 11.4. The smallest absolute Gasteiger partial charge is 0.180 e. The van der Waals surface area contributed by atoms with Gasteiger partial charge in [0.25, 0.3) is 0 Å². The van der Waals surface area contributed by atoms with Crippen LogP contribution in [0, 0.1) is 0 Å². The molecular formula is C11H14N4S. The maximum absolute atomic E-state index is 5.59. The topological polar surface area (TPSA) is 55.0 Å². The normalized spacial score (nSPS) is 10.9. The zero-order valence-electron chi connectivity index (χ0n) is 9.13. The number of rotatable bonds is 4. The van der Waals surface area contributed by atoms with Gasteiger partial charge in [-0.05, 0) is 24.7 Å². The van der Waals surface area contributed by atoms with E-state index in [0.29, 0.717) is 5.13 Å². The van der Waals surface area contributed by atoms with E-state index in [2.05, 4.69) is 21.9 Å². The van der Waals surface area contributed by atoms with Crippen molar-refractivity contribution in [3.63, 3.8) is 0 Å². The number of pyridine rings is 1. The van der Waals surface area contributed by atoms with Gasteiger partial charge in [-0.1, -0.05) is 0 Å². The molecule has 0 atom stereocenters.